The summed E-state index contributed by atoms with van der Waals surface area (Å²) in [5, 5.41) is 0.938. The fourth-order valence-corrected chi connectivity index (χ4v) is 4.57. The number of hydrogen-bond donors (Lipinski definition) is 0. The number of nitrogens with zero attached hydrogens (tertiary/aromatic N) is 5. The summed E-state index contributed by atoms with van der Waals surface area (Å²) in [7, 11) is 0. The lowest BCUT2D eigenvalue weighted by atomic mass is 9.85. The van der Waals surface area contributed by atoms with Gasteiger partial charge in [0.05, 0.1) is 30.2 Å². The monoisotopic (exact) mass is 433 g/mol. The summed E-state index contributed by atoms with van der Waals surface area (Å²) in [5.74, 6) is 1.37. The molecule has 1 saturated heterocycles. The van der Waals surface area contributed by atoms with E-state index >= 15 is 0 Å². The van der Waals surface area contributed by atoms with Crippen LogP contribution in [0.5, 0.6) is 5.75 Å². The quantitative estimate of drug-likeness (QED) is 0.564. The SMILES string of the molecule is CC(=O)c1nccc([C@H]2CC[C@H](Oc3cc(N4CCOCC4)cc4ncncc34)CC2)n1. The van der Waals surface area contributed by atoms with Crippen molar-refractivity contribution >= 4 is 22.4 Å². The third-order valence-electron chi connectivity index (χ3n) is 6.33. The smallest absolute Gasteiger partial charge is 0.196 e. The molecule has 0 atom stereocenters. The summed E-state index contributed by atoms with van der Waals surface area (Å²) < 4.78 is 12.0. The maximum Gasteiger partial charge on any atom is 0.196 e. The van der Waals surface area contributed by atoms with E-state index in [1.807, 2.05) is 12.3 Å². The molecule has 0 radical (unpaired) electrons. The molecule has 2 aliphatic rings. The van der Waals surface area contributed by atoms with Crippen LogP contribution in [0.1, 0.15) is 54.8 Å². The van der Waals surface area contributed by atoms with Crippen molar-refractivity contribution in [1.82, 2.24) is 19.9 Å². The lowest BCUT2D eigenvalue weighted by Crippen LogP contribution is -2.36. The molecule has 1 saturated carbocycles. The number of ketones is 1. The lowest BCUT2D eigenvalue weighted by molar-refractivity contribution is 0.100. The zero-order valence-corrected chi connectivity index (χ0v) is 18.2. The molecule has 0 unspecified atom stereocenters. The first-order valence-electron chi connectivity index (χ1n) is 11.2. The molecule has 0 N–H and O–H groups in total. The molecule has 166 valence electrons. The van der Waals surface area contributed by atoms with Crippen LogP contribution in [-0.4, -0.2) is 58.1 Å². The van der Waals surface area contributed by atoms with Gasteiger partial charge in [-0.1, -0.05) is 0 Å². The van der Waals surface area contributed by atoms with Gasteiger partial charge < -0.3 is 14.4 Å². The van der Waals surface area contributed by atoms with Crippen LogP contribution < -0.4 is 9.64 Å². The van der Waals surface area contributed by atoms with Crippen molar-refractivity contribution in [2.45, 2.75) is 44.6 Å². The molecule has 2 fully saturated rings. The van der Waals surface area contributed by atoms with Gasteiger partial charge in [0.25, 0.3) is 0 Å². The number of rotatable bonds is 5. The number of ether oxygens (including phenoxy) is 2. The molecule has 1 aliphatic carbocycles. The Morgan fingerprint density at radius 1 is 1.12 bits per heavy atom. The lowest BCUT2D eigenvalue weighted by Gasteiger charge is -2.31. The van der Waals surface area contributed by atoms with E-state index in [2.05, 4.69) is 37.0 Å². The van der Waals surface area contributed by atoms with Crippen LogP contribution in [0.2, 0.25) is 0 Å². The number of benzene rings is 1. The van der Waals surface area contributed by atoms with Crippen molar-refractivity contribution in [3.05, 3.63) is 48.4 Å². The Balaban J connectivity index is 1.32. The number of Topliss-reactive ketones (excluding diaryl/α,β-unsaturated/α-hetero) is 1. The molecule has 0 amide bonds. The summed E-state index contributed by atoms with van der Waals surface area (Å²) in [6, 6.07) is 6.15. The molecule has 5 rings (SSSR count). The van der Waals surface area contributed by atoms with Gasteiger partial charge >= 0.3 is 0 Å². The standard InChI is InChI=1S/C24H27N5O3/c1-16(30)24-26-7-6-21(28-24)17-2-4-19(5-3-17)32-23-13-18(29-8-10-31-11-9-29)12-22-20(23)14-25-15-27-22/h6-7,12-15,17,19H,2-5,8-11H2,1H3/t17-,19-. The summed E-state index contributed by atoms with van der Waals surface area (Å²) in [6.07, 6.45) is 9.03. The molecular weight excluding hydrogens is 406 g/mol. The average molecular weight is 434 g/mol. The summed E-state index contributed by atoms with van der Waals surface area (Å²) in [6.45, 7) is 4.69. The second-order valence-corrected chi connectivity index (χ2v) is 8.45. The zero-order chi connectivity index (χ0) is 21.9. The Morgan fingerprint density at radius 2 is 1.94 bits per heavy atom. The van der Waals surface area contributed by atoms with Gasteiger partial charge in [0.15, 0.2) is 11.6 Å². The second-order valence-electron chi connectivity index (χ2n) is 8.45. The molecule has 8 nitrogen and oxygen atoms in total. The minimum Gasteiger partial charge on any atom is -0.490 e. The molecule has 3 heterocycles. The van der Waals surface area contributed by atoms with Gasteiger partial charge in [-0.2, -0.15) is 0 Å². The third-order valence-corrected chi connectivity index (χ3v) is 6.33. The number of carbonyl (C=O) groups excluding carboxylic acids is 1. The highest BCUT2D eigenvalue weighted by atomic mass is 16.5. The van der Waals surface area contributed by atoms with E-state index in [0.717, 1.165) is 80.0 Å². The number of anilines is 1. The number of morpholine rings is 1. The van der Waals surface area contributed by atoms with Crippen molar-refractivity contribution < 1.29 is 14.3 Å². The van der Waals surface area contributed by atoms with Crippen LogP contribution in [0, 0.1) is 0 Å². The van der Waals surface area contributed by atoms with Crippen LogP contribution in [0.3, 0.4) is 0 Å². The summed E-state index contributed by atoms with van der Waals surface area (Å²) in [5.41, 5.74) is 2.96. The predicted molar refractivity (Wildman–Crippen MR) is 120 cm³/mol. The van der Waals surface area contributed by atoms with E-state index in [4.69, 9.17) is 9.47 Å². The fourth-order valence-electron chi connectivity index (χ4n) is 4.57. The first kappa shape index (κ1) is 20.8. The molecule has 2 aromatic heterocycles. The van der Waals surface area contributed by atoms with Gasteiger partial charge in [0, 0.05) is 55.8 Å². The van der Waals surface area contributed by atoms with Crippen LogP contribution >= 0.6 is 0 Å². The van der Waals surface area contributed by atoms with E-state index in [0.29, 0.717) is 11.7 Å². The number of hydrogen-bond acceptors (Lipinski definition) is 8. The second kappa shape index (κ2) is 9.16. The highest BCUT2D eigenvalue weighted by molar-refractivity contribution is 5.90. The maximum absolute atomic E-state index is 11.6. The Morgan fingerprint density at radius 3 is 2.72 bits per heavy atom. The van der Waals surface area contributed by atoms with Gasteiger partial charge in [-0.05, 0) is 37.8 Å². The minimum atomic E-state index is -0.0990. The van der Waals surface area contributed by atoms with Gasteiger partial charge in [-0.3, -0.25) is 4.79 Å². The molecule has 3 aromatic rings. The molecule has 1 aromatic carbocycles. The Kier molecular flexibility index (Phi) is 5.94. The van der Waals surface area contributed by atoms with Gasteiger partial charge in [-0.25, -0.2) is 19.9 Å². The van der Waals surface area contributed by atoms with Crippen molar-refractivity contribution in [3.8, 4) is 5.75 Å². The molecule has 8 heteroatoms. The molecule has 1 aliphatic heterocycles. The van der Waals surface area contributed by atoms with E-state index in [9.17, 15) is 4.79 Å². The third kappa shape index (κ3) is 4.41. The number of carbonyl (C=O) groups is 1. The summed E-state index contributed by atoms with van der Waals surface area (Å²) >= 11 is 0. The Hall–Kier alpha value is -3.13. The highest BCUT2D eigenvalue weighted by Crippen LogP contribution is 2.36. The van der Waals surface area contributed by atoms with Crippen LogP contribution in [0.15, 0.2) is 36.9 Å². The van der Waals surface area contributed by atoms with E-state index in [1.165, 1.54) is 6.92 Å². The first-order valence-corrected chi connectivity index (χ1v) is 11.2. The van der Waals surface area contributed by atoms with E-state index in [1.54, 1.807) is 12.5 Å². The van der Waals surface area contributed by atoms with Crippen molar-refractivity contribution in [3.63, 3.8) is 0 Å². The Labute approximate surface area is 187 Å². The van der Waals surface area contributed by atoms with Gasteiger partial charge in [0.1, 0.15) is 12.1 Å². The van der Waals surface area contributed by atoms with Crippen molar-refractivity contribution in [2.24, 2.45) is 0 Å². The van der Waals surface area contributed by atoms with E-state index in [-0.39, 0.29) is 11.9 Å². The molecule has 0 bridgehead atoms. The van der Waals surface area contributed by atoms with Crippen LogP contribution in [-0.2, 0) is 4.74 Å². The van der Waals surface area contributed by atoms with E-state index < -0.39 is 0 Å². The largest absolute Gasteiger partial charge is 0.490 e. The normalized spacial score (nSPS) is 21.5. The molecule has 0 spiro atoms. The average Bonchev–Trinajstić information content (AvgIpc) is 2.85. The number of fused-ring (bicyclic) bond motifs is 1. The van der Waals surface area contributed by atoms with Crippen molar-refractivity contribution in [2.75, 3.05) is 31.2 Å². The molecule has 32 heavy (non-hydrogen) atoms. The number of aromatic nitrogens is 4. The highest BCUT2D eigenvalue weighted by Gasteiger charge is 2.26. The van der Waals surface area contributed by atoms with Crippen LogP contribution in [0.4, 0.5) is 5.69 Å². The summed E-state index contributed by atoms with van der Waals surface area (Å²) in [4.78, 5) is 31.2. The first-order chi connectivity index (χ1) is 15.7. The minimum absolute atomic E-state index is 0.0990. The van der Waals surface area contributed by atoms with Gasteiger partial charge in [0.2, 0.25) is 0 Å². The zero-order valence-electron chi connectivity index (χ0n) is 18.2. The predicted octanol–water partition coefficient (Wildman–Crippen LogP) is 3.56. The maximum atomic E-state index is 11.6. The fraction of sp³-hybridized carbons (Fsp3) is 0.458. The topological polar surface area (TPSA) is 90.3 Å². The van der Waals surface area contributed by atoms with Crippen LogP contribution in [0.25, 0.3) is 10.9 Å². The van der Waals surface area contributed by atoms with Crippen molar-refractivity contribution in [1.29, 1.82) is 0 Å². The molecular formula is C24H27N5O3. The van der Waals surface area contributed by atoms with Gasteiger partial charge in [-0.15, -0.1) is 0 Å². The Bertz CT molecular complexity index is 1110.